The Morgan fingerprint density at radius 1 is 1.19 bits per heavy atom. The Morgan fingerprint density at radius 3 is 2.74 bits per heavy atom. The van der Waals surface area contributed by atoms with Crippen LogP contribution in [0.3, 0.4) is 0 Å². The number of aromatic nitrogens is 1. The predicted molar refractivity (Wildman–Crippen MR) is 105 cm³/mol. The van der Waals surface area contributed by atoms with Gasteiger partial charge in [0.1, 0.15) is 30.8 Å². The van der Waals surface area contributed by atoms with Gasteiger partial charge in [0, 0.05) is 24.0 Å². The van der Waals surface area contributed by atoms with Crippen LogP contribution in [0.2, 0.25) is 0 Å². The van der Waals surface area contributed by atoms with E-state index in [4.69, 9.17) is 15.9 Å². The Bertz CT molecular complexity index is 849. The molecule has 1 aromatic carbocycles. The van der Waals surface area contributed by atoms with Crippen LogP contribution in [0.5, 0.6) is 11.5 Å². The molecule has 3 N–H and O–H groups in total. The minimum atomic E-state index is -0.609. The number of nitrogens with one attached hydrogen (secondary N) is 2. The standard InChI is InChI=1S/C21H26N2O4/c1-2-12-26-19-10-9-18(17-8-11-20(25)23-21(17)19)27-14-16(24)13-22-15-6-4-3-5-7-15/h1,8-11,15-16,22,24H,3-7,12-14H2,(H,23,25). The summed E-state index contributed by atoms with van der Waals surface area (Å²) in [5.41, 5.74) is 0.298. The highest BCUT2D eigenvalue weighted by atomic mass is 16.5. The van der Waals surface area contributed by atoms with Gasteiger partial charge in [-0.15, -0.1) is 6.42 Å². The van der Waals surface area contributed by atoms with Crippen LogP contribution in [0, 0.1) is 12.3 Å². The van der Waals surface area contributed by atoms with E-state index in [1.54, 1.807) is 18.2 Å². The molecule has 1 unspecified atom stereocenters. The zero-order chi connectivity index (χ0) is 19.1. The van der Waals surface area contributed by atoms with Gasteiger partial charge in [-0.05, 0) is 31.0 Å². The monoisotopic (exact) mass is 370 g/mol. The molecule has 0 amide bonds. The van der Waals surface area contributed by atoms with Crippen LogP contribution in [0.25, 0.3) is 10.9 Å². The molecule has 3 rings (SSSR count). The molecule has 1 fully saturated rings. The SMILES string of the molecule is C#CCOc1ccc(OCC(O)CNC2CCCCC2)c2ccc(=O)[nH]c12. The molecule has 0 saturated heterocycles. The van der Waals surface area contributed by atoms with Crippen LogP contribution in [-0.2, 0) is 0 Å². The van der Waals surface area contributed by atoms with Crippen molar-refractivity contribution in [3.63, 3.8) is 0 Å². The van der Waals surface area contributed by atoms with Crippen LogP contribution >= 0.6 is 0 Å². The van der Waals surface area contributed by atoms with Gasteiger partial charge < -0.3 is 24.9 Å². The van der Waals surface area contributed by atoms with Crippen molar-refractivity contribution in [2.24, 2.45) is 0 Å². The molecule has 1 saturated carbocycles. The first-order chi connectivity index (χ1) is 13.2. The van der Waals surface area contributed by atoms with E-state index < -0.39 is 6.10 Å². The van der Waals surface area contributed by atoms with Crippen molar-refractivity contribution in [2.75, 3.05) is 19.8 Å². The van der Waals surface area contributed by atoms with Gasteiger partial charge in [0.05, 0.1) is 5.52 Å². The van der Waals surface area contributed by atoms with Crippen molar-refractivity contribution in [1.82, 2.24) is 10.3 Å². The summed E-state index contributed by atoms with van der Waals surface area (Å²) >= 11 is 0. The molecule has 27 heavy (non-hydrogen) atoms. The molecule has 6 nitrogen and oxygen atoms in total. The molecule has 0 spiro atoms. The van der Waals surface area contributed by atoms with Crippen molar-refractivity contribution in [1.29, 1.82) is 0 Å². The van der Waals surface area contributed by atoms with E-state index in [-0.39, 0.29) is 18.8 Å². The second kappa shape index (κ2) is 9.45. The molecule has 6 heteroatoms. The quantitative estimate of drug-likeness (QED) is 0.621. The molecule has 144 valence electrons. The fourth-order valence-corrected chi connectivity index (χ4v) is 3.42. The van der Waals surface area contributed by atoms with Crippen LogP contribution in [0.1, 0.15) is 32.1 Å². The van der Waals surface area contributed by atoms with Crippen LogP contribution in [0.4, 0.5) is 0 Å². The van der Waals surface area contributed by atoms with Gasteiger partial charge in [-0.2, -0.15) is 0 Å². The van der Waals surface area contributed by atoms with Crippen molar-refractivity contribution >= 4 is 10.9 Å². The van der Waals surface area contributed by atoms with E-state index >= 15 is 0 Å². The summed E-state index contributed by atoms with van der Waals surface area (Å²) in [7, 11) is 0. The Hall–Kier alpha value is -2.49. The minimum absolute atomic E-state index is 0.109. The van der Waals surface area contributed by atoms with Gasteiger partial charge in [-0.3, -0.25) is 4.79 Å². The van der Waals surface area contributed by atoms with Gasteiger partial charge in [-0.1, -0.05) is 25.2 Å². The van der Waals surface area contributed by atoms with Gasteiger partial charge in [0.25, 0.3) is 0 Å². The number of benzene rings is 1. The molecule has 1 heterocycles. The summed E-state index contributed by atoms with van der Waals surface area (Å²) in [6, 6.07) is 7.07. The number of aromatic amines is 1. The van der Waals surface area contributed by atoms with E-state index in [0.29, 0.717) is 35.0 Å². The molecule has 0 aliphatic heterocycles. The van der Waals surface area contributed by atoms with Crippen LogP contribution in [-0.4, -0.2) is 42.0 Å². The number of hydrogen-bond acceptors (Lipinski definition) is 5. The fraction of sp³-hybridized carbons (Fsp3) is 0.476. The summed E-state index contributed by atoms with van der Waals surface area (Å²) < 4.78 is 11.3. The highest BCUT2D eigenvalue weighted by Gasteiger charge is 2.15. The lowest BCUT2D eigenvalue weighted by Gasteiger charge is -2.24. The minimum Gasteiger partial charge on any atom is -0.490 e. The number of aliphatic hydroxyl groups is 1. The first kappa shape index (κ1) is 19.3. The number of rotatable bonds is 8. The Morgan fingerprint density at radius 2 is 1.96 bits per heavy atom. The van der Waals surface area contributed by atoms with Gasteiger partial charge in [-0.25, -0.2) is 0 Å². The first-order valence-electron chi connectivity index (χ1n) is 9.44. The van der Waals surface area contributed by atoms with Crippen LogP contribution in [0.15, 0.2) is 29.1 Å². The average molecular weight is 370 g/mol. The molecule has 1 aromatic heterocycles. The lowest BCUT2D eigenvalue weighted by molar-refractivity contribution is 0.102. The topological polar surface area (TPSA) is 83.6 Å². The Balaban J connectivity index is 1.64. The third-order valence-corrected chi connectivity index (χ3v) is 4.81. The van der Waals surface area contributed by atoms with Gasteiger partial charge >= 0.3 is 0 Å². The summed E-state index contributed by atoms with van der Waals surface area (Å²) in [5.74, 6) is 3.47. The molecule has 1 aliphatic carbocycles. The number of aliphatic hydroxyl groups excluding tert-OH is 1. The van der Waals surface area contributed by atoms with Crippen molar-refractivity contribution in [3.05, 3.63) is 34.6 Å². The van der Waals surface area contributed by atoms with E-state index in [9.17, 15) is 9.90 Å². The number of H-pyrrole nitrogens is 1. The zero-order valence-corrected chi connectivity index (χ0v) is 15.4. The molecule has 2 aromatic rings. The number of pyridine rings is 1. The maximum Gasteiger partial charge on any atom is 0.248 e. The zero-order valence-electron chi connectivity index (χ0n) is 15.4. The first-order valence-corrected chi connectivity index (χ1v) is 9.44. The number of terminal acetylenes is 1. The molecular weight excluding hydrogens is 344 g/mol. The largest absolute Gasteiger partial charge is 0.490 e. The highest BCUT2D eigenvalue weighted by molar-refractivity contribution is 5.89. The third-order valence-electron chi connectivity index (χ3n) is 4.81. The van der Waals surface area contributed by atoms with Crippen molar-refractivity contribution in [3.8, 4) is 23.8 Å². The third kappa shape index (κ3) is 5.25. The number of fused-ring (bicyclic) bond motifs is 1. The smallest absolute Gasteiger partial charge is 0.248 e. The average Bonchev–Trinajstić information content (AvgIpc) is 2.70. The normalized spacial score (nSPS) is 16.0. The summed E-state index contributed by atoms with van der Waals surface area (Å²) in [6.07, 6.45) is 10.8. The van der Waals surface area contributed by atoms with Crippen LogP contribution < -0.4 is 20.3 Å². The maximum atomic E-state index is 11.7. The summed E-state index contributed by atoms with van der Waals surface area (Å²) in [5, 5.41) is 14.4. The van der Waals surface area contributed by atoms with E-state index in [1.165, 1.54) is 38.2 Å². The Labute approximate surface area is 158 Å². The molecule has 1 aliphatic rings. The number of hydrogen-bond donors (Lipinski definition) is 3. The highest BCUT2D eigenvalue weighted by Crippen LogP contribution is 2.31. The molecular formula is C21H26N2O4. The lowest BCUT2D eigenvalue weighted by Crippen LogP contribution is -2.38. The molecule has 0 radical (unpaired) electrons. The summed E-state index contributed by atoms with van der Waals surface area (Å²) in [6.45, 7) is 0.777. The number of ether oxygens (including phenoxy) is 2. The lowest BCUT2D eigenvalue weighted by atomic mass is 9.95. The second-order valence-electron chi connectivity index (χ2n) is 6.87. The van der Waals surface area contributed by atoms with E-state index in [1.807, 2.05) is 0 Å². The van der Waals surface area contributed by atoms with E-state index in [0.717, 1.165) is 0 Å². The molecule has 1 atom stereocenters. The van der Waals surface area contributed by atoms with Gasteiger partial charge in [0.15, 0.2) is 0 Å². The fourth-order valence-electron chi connectivity index (χ4n) is 3.42. The van der Waals surface area contributed by atoms with Crippen molar-refractivity contribution < 1.29 is 14.6 Å². The summed E-state index contributed by atoms with van der Waals surface area (Å²) in [4.78, 5) is 14.4. The van der Waals surface area contributed by atoms with E-state index in [2.05, 4.69) is 16.2 Å². The van der Waals surface area contributed by atoms with Gasteiger partial charge in [0.2, 0.25) is 5.56 Å². The molecule has 0 bridgehead atoms. The second-order valence-corrected chi connectivity index (χ2v) is 6.87. The van der Waals surface area contributed by atoms with Crippen molar-refractivity contribution in [2.45, 2.75) is 44.2 Å². The predicted octanol–water partition coefficient (Wildman–Crippen LogP) is 2.20. The maximum absolute atomic E-state index is 11.7. The Kier molecular flexibility index (Phi) is 6.74.